The van der Waals surface area contributed by atoms with Crippen LogP contribution in [0.1, 0.15) is 22.4 Å². The normalized spacial score (nSPS) is 10.7. The van der Waals surface area contributed by atoms with Crippen molar-refractivity contribution >= 4 is 33.6 Å². The molecule has 0 aliphatic rings. The van der Waals surface area contributed by atoms with E-state index >= 15 is 0 Å². The fourth-order valence-electron chi connectivity index (χ4n) is 2.35. The number of nitrogens with zero attached hydrogens (tertiary/aromatic N) is 4. The molecule has 0 fully saturated rings. The van der Waals surface area contributed by atoms with Crippen LogP contribution >= 0.6 is 15.9 Å². The Kier molecular flexibility index (Phi) is 6.51. The van der Waals surface area contributed by atoms with E-state index < -0.39 is 0 Å². The molecule has 0 unspecified atom stereocenters. The number of hydrogen-bond acceptors (Lipinski definition) is 6. The van der Waals surface area contributed by atoms with Gasteiger partial charge in [0.2, 0.25) is 0 Å². The number of halogens is 1. The largest absolute Gasteiger partial charge is 0.380 e. The van der Waals surface area contributed by atoms with Crippen molar-refractivity contribution in [2.24, 2.45) is 5.10 Å². The molecule has 25 heavy (non-hydrogen) atoms. The summed E-state index contributed by atoms with van der Waals surface area (Å²) in [5.41, 5.74) is 6.89. The summed E-state index contributed by atoms with van der Waals surface area (Å²) in [6, 6.07) is 9.96. The Hall–Kier alpha value is -2.43. The zero-order valence-electron chi connectivity index (χ0n) is 14.7. The first-order chi connectivity index (χ1) is 12.0. The Balaban J connectivity index is 2.22. The van der Waals surface area contributed by atoms with E-state index in [1.165, 1.54) is 0 Å². The smallest absolute Gasteiger partial charge is 0.164 e. The average molecular weight is 402 g/mol. The number of aromatic nitrogens is 1. The molecule has 0 bridgehead atoms. The highest BCUT2D eigenvalue weighted by Crippen LogP contribution is 2.25. The summed E-state index contributed by atoms with van der Waals surface area (Å²) in [5.74, 6) is 0.426. The van der Waals surface area contributed by atoms with Crippen molar-refractivity contribution in [1.29, 1.82) is 5.26 Å². The number of benzene rings is 1. The van der Waals surface area contributed by atoms with Crippen LogP contribution in [-0.4, -0.2) is 32.4 Å². The van der Waals surface area contributed by atoms with Crippen molar-refractivity contribution in [3.63, 3.8) is 0 Å². The molecule has 1 aromatic heterocycles. The third-order valence-corrected chi connectivity index (χ3v) is 4.11. The molecule has 2 aromatic rings. The Morgan fingerprint density at radius 3 is 2.76 bits per heavy atom. The van der Waals surface area contributed by atoms with Gasteiger partial charge in [-0.2, -0.15) is 10.4 Å². The second kappa shape index (κ2) is 8.60. The minimum Gasteiger partial charge on any atom is -0.380 e. The molecular formula is C18H20BrN5O. The summed E-state index contributed by atoms with van der Waals surface area (Å²) in [6.07, 6.45) is 1.69. The van der Waals surface area contributed by atoms with Gasteiger partial charge in [0, 0.05) is 36.9 Å². The van der Waals surface area contributed by atoms with Crippen LogP contribution in [0.25, 0.3) is 0 Å². The van der Waals surface area contributed by atoms with Crippen LogP contribution in [0, 0.1) is 18.3 Å². The highest BCUT2D eigenvalue weighted by atomic mass is 79.9. The van der Waals surface area contributed by atoms with E-state index in [1.54, 1.807) is 13.3 Å². The predicted octanol–water partition coefficient (Wildman–Crippen LogP) is 3.68. The van der Waals surface area contributed by atoms with Gasteiger partial charge >= 0.3 is 0 Å². The third-order valence-electron chi connectivity index (χ3n) is 3.48. The van der Waals surface area contributed by atoms with Crippen LogP contribution in [-0.2, 0) is 11.3 Å². The Bertz CT molecular complexity index is 827. The molecule has 0 spiro atoms. The third kappa shape index (κ3) is 4.78. The van der Waals surface area contributed by atoms with Crippen molar-refractivity contribution in [2.45, 2.75) is 13.5 Å². The monoisotopic (exact) mass is 401 g/mol. The number of hydrogen-bond donors (Lipinski definition) is 1. The van der Waals surface area contributed by atoms with Crippen LogP contribution in [0.4, 0.5) is 11.5 Å². The van der Waals surface area contributed by atoms with Gasteiger partial charge < -0.3 is 9.64 Å². The molecule has 0 radical (unpaired) electrons. The molecule has 0 aliphatic carbocycles. The van der Waals surface area contributed by atoms with Crippen LogP contribution in [0.5, 0.6) is 0 Å². The molecule has 7 heteroatoms. The highest BCUT2D eigenvalue weighted by Gasteiger charge is 2.10. The molecule has 130 valence electrons. The quantitative estimate of drug-likeness (QED) is 0.590. The van der Waals surface area contributed by atoms with Crippen molar-refractivity contribution in [1.82, 2.24) is 4.98 Å². The second-order valence-electron chi connectivity index (χ2n) is 5.67. The summed E-state index contributed by atoms with van der Waals surface area (Å²) < 4.78 is 6.13. The van der Waals surface area contributed by atoms with Gasteiger partial charge in [-0.25, -0.2) is 4.98 Å². The number of rotatable bonds is 6. The average Bonchev–Trinajstić information content (AvgIpc) is 2.54. The van der Waals surface area contributed by atoms with Crippen molar-refractivity contribution in [2.75, 3.05) is 31.5 Å². The van der Waals surface area contributed by atoms with Crippen LogP contribution in [0.2, 0.25) is 0 Å². The Labute approximate surface area is 156 Å². The number of methoxy groups -OCH3 is 1. The predicted molar refractivity (Wildman–Crippen MR) is 104 cm³/mol. The van der Waals surface area contributed by atoms with Crippen LogP contribution < -0.4 is 10.3 Å². The summed E-state index contributed by atoms with van der Waals surface area (Å²) in [6.45, 7) is 2.22. The lowest BCUT2D eigenvalue weighted by Crippen LogP contribution is -2.09. The fourth-order valence-corrected chi connectivity index (χ4v) is 3.10. The SMILES string of the molecule is COCc1cc(C)nc(NN=Cc2ccc(N(C)C)c(Br)c2)c1C#N. The number of anilines is 2. The van der Waals surface area contributed by atoms with Gasteiger partial charge in [-0.1, -0.05) is 6.07 Å². The van der Waals surface area contributed by atoms with Crippen LogP contribution in [0.15, 0.2) is 33.8 Å². The number of ether oxygens (including phenoxy) is 1. The van der Waals surface area contributed by atoms with E-state index in [2.05, 4.69) is 37.5 Å². The minimum absolute atomic E-state index is 0.351. The van der Waals surface area contributed by atoms with E-state index in [-0.39, 0.29) is 0 Å². The van der Waals surface area contributed by atoms with Gasteiger partial charge in [0.1, 0.15) is 11.6 Å². The summed E-state index contributed by atoms with van der Waals surface area (Å²) in [5, 5.41) is 13.6. The van der Waals surface area contributed by atoms with Gasteiger partial charge in [-0.3, -0.25) is 5.43 Å². The molecule has 1 heterocycles. The number of aryl methyl sites for hydroxylation is 1. The van der Waals surface area contributed by atoms with E-state index in [4.69, 9.17) is 4.74 Å². The lowest BCUT2D eigenvalue weighted by molar-refractivity contribution is 0.184. The lowest BCUT2D eigenvalue weighted by atomic mass is 10.1. The van der Waals surface area contributed by atoms with Gasteiger partial charge in [-0.05, 0) is 46.6 Å². The molecule has 0 saturated heterocycles. The van der Waals surface area contributed by atoms with Gasteiger partial charge in [0.15, 0.2) is 5.82 Å². The van der Waals surface area contributed by atoms with Gasteiger partial charge in [-0.15, -0.1) is 0 Å². The fraction of sp³-hybridized carbons (Fsp3) is 0.278. The van der Waals surface area contributed by atoms with Crippen molar-refractivity contribution in [3.05, 3.63) is 51.1 Å². The molecule has 0 atom stereocenters. The lowest BCUT2D eigenvalue weighted by Gasteiger charge is -2.14. The van der Waals surface area contributed by atoms with Gasteiger partial charge in [0.05, 0.1) is 18.5 Å². The minimum atomic E-state index is 0.351. The Morgan fingerprint density at radius 2 is 2.16 bits per heavy atom. The molecular weight excluding hydrogens is 382 g/mol. The topological polar surface area (TPSA) is 73.5 Å². The van der Waals surface area contributed by atoms with Gasteiger partial charge in [0.25, 0.3) is 0 Å². The van der Waals surface area contributed by atoms with E-state index in [1.807, 2.05) is 50.2 Å². The maximum Gasteiger partial charge on any atom is 0.164 e. The number of nitriles is 1. The molecule has 0 aliphatic heterocycles. The first-order valence-corrected chi connectivity index (χ1v) is 8.41. The second-order valence-corrected chi connectivity index (χ2v) is 6.52. The first-order valence-electron chi connectivity index (χ1n) is 7.61. The van der Waals surface area contributed by atoms with Crippen molar-refractivity contribution in [3.8, 4) is 6.07 Å². The van der Waals surface area contributed by atoms with Crippen LogP contribution in [0.3, 0.4) is 0 Å². The van der Waals surface area contributed by atoms with E-state index in [0.717, 1.165) is 27.0 Å². The molecule has 0 saturated carbocycles. The zero-order valence-corrected chi connectivity index (χ0v) is 16.3. The number of hydrazone groups is 1. The summed E-state index contributed by atoms with van der Waals surface area (Å²) in [4.78, 5) is 6.38. The maximum absolute atomic E-state index is 9.40. The Morgan fingerprint density at radius 1 is 1.40 bits per heavy atom. The first kappa shape index (κ1) is 18.9. The summed E-state index contributed by atoms with van der Waals surface area (Å²) >= 11 is 3.55. The molecule has 6 nitrogen and oxygen atoms in total. The van der Waals surface area contributed by atoms with E-state index in [0.29, 0.717) is 18.0 Å². The molecule has 2 rings (SSSR count). The molecule has 1 N–H and O–H groups in total. The standard InChI is InChI=1S/C18H20BrN5O/c1-12-7-14(11-25-4)15(9-20)18(22-12)23-21-10-13-5-6-17(24(2)3)16(19)8-13/h5-8,10H,11H2,1-4H3,(H,22,23). The maximum atomic E-state index is 9.40. The van der Waals surface area contributed by atoms with E-state index in [9.17, 15) is 5.26 Å². The molecule has 1 aromatic carbocycles. The van der Waals surface area contributed by atoms with Crippen molar-refractivity contribution < 1.29 is 4.74 Å². The highest BCUT2D eigenvalue weighted by molar-refractivity contribution is 9.10. The number of pyridine rings is 1. The summed E-state index contributed by atoms with van der Waals surface area (Å²) in [7, 11) is 5.57. The zero-order chi connectivity index (χ0) is 18.4. The molecule has 0 amide bonds. The number of nitrogens with one attached hydrogen (secondary N) is 1.